The summed E-state index contributed by atoms with van der Waals surface area (Å²) in [5.41, 5.74) is 1.91. The molecule has 23 heavy (non-hydrogen) atoms. The average molecular weight is 330 g/mol. The normalized spacial score (nSPS) is 10.7. The molecule has 0 atom stereocenters. The first-order valence-corrected chi connectivity index (χ1v) is 7.16. The maximum atomic E-state index is 12.3. The molecule has 0 aliphatic carbocycles. The maximum absolute atomic E-state index is 12.3. The topological polar surface area (TPSA) is 79.5 Å². The third-order valence-electron chi connectivity index (χ3n) is 3.42. The van der Waals surface area contributed by atoms with Crippen LogP contribution in [0.3, 0.4) is 0 Å². The van der Waals surface area contributed by atoms with Gasteiger partial charge in [-0.05, 0) is 55.0 Å². The van der Waals surface area contributed by atoms with Gasteiger partial charge in [0.25, 0.3) is 5.91 Å². The molecule has 3 aromatic rings. The van der Waals surface area contributed by atoms with Crippen LogP contribution in [0.2, 0.25) is 5.02 Å². The Kier molecular flexibility index (Phi) is 3.80. The minimum Gasteiger partial charge on any atom is -0.478 e. The monoisotopic (exact) mass is 329 g/mol. The lowest BCUT2D eigenvalue weighted by Crippen LogP contribution is -2.12. The minimum atomic E-state index is -1.01. The lowest BCUT2D eigenvalue weighted by Gasteiger charge is -2.07. The molecular weight excluding hydrogens is 318 g/mol. The van der Waals surface area contributed by atoms with E-state index >= 15 is 0 Å². The third kappa shape index (κ3) is 3.05. The lowest BCUT2D eigenvalue weighted by atomic mass is 10.1. The molecule has 0 spiro atoms. The largest absolute Gasteiger partial charge is 0.478 e. The predicted molar refractivity (Wildman–Crippen MR) is 87.3 cm³/mol. The molecule has 2 N–H and O–H groups in total. The summed E-state index contributed by atoms with van der Waals surface area (Å²) < 4.78 is 5.49. The predicted octanol–water partition coefficient (Wildman–Crippen LogP) is 4.35. The summed E-state index contributed by atoms with van der Waals surface area (Å²) in [7, 11) is 0. The molecule has 1 heterocycles. The molecule has 0 saturated heterocycles. The zero-order valence-electron chi connectivity index (χ0n) is 12.1. The molecule has 0 aliphatic heterocycles. The Morgan fingerprint density at radius 3 is 2.61 bits per heavy atom. The Bertz CT molecular complexity index is 929. The zero-order chi connectivity index (χ0) is 16.6. The second-order valence-electron chi connectivity index (χ2n) is 5.08. The van der Waals surface area contributed by atoms with Gasteiger partial charge in [-0.3, -0.25) is 4.79 Å². The van der Waals surface area contributed by atoms with Crippen LogP contribution in [-0.2, 0) is 0 Å². The van der Waals surface area contributed by atoms with Gasteiger partial charge in [-0.25, -0.2) is 4.79 Å². The number of halogens is 1. The smallest absolute Gasteiger partial charge is 0.335 e. The number of fused-ring (bicyclic) bond motifs is 1. The summed E-state index contributed by atoms with van der Waals surface area (Å²) in [6, 6.07) is 11.2. The van der Waals surface area contributed by atoms with Crippen LogP contribution >= 0.6 is 11.6 Å². The van der Waals surface area contributed by atoms with E-state index in [4.69, 9.17) is 21.1 Å². The summed E-state index contributed by atoms with van der Waals surface area (Å²) >= 11 is 5.91. The Hall–Kier alpha value is -2.79. The Morgan fingerprint density at radius 2 is 1.91 bits per heavy atom. The molecule has 0 bridgehead atoms. The van der Waals surface area contributed by atoms with Crippen molar-refractivity contribution in [2.24, 2.45) is 0 Å². The van der Waals surface area contributed by atoms with Crippen molar-refractivity contribution >= 4 is 40.1 Å². The van der Waals surface area contributed by atoms with Crippen LogP contribution in [0.5, 0.6) is 0 Å². The van der Waals surface area contributed by atoms with E-state index in [1.165, 1.54) is 12.1 Å². The van der Waals surface area contributed by atoms with Gasteiger partial charge in [-0.2, -0.15) is 0 Å². The van der Waals surface area contributed by atoms with Crippen molar-refractivity contribution in [2.45, 2.75) is 6.92 Å². The van der Waals surface area contributed by atoms with Crippen molar-refractivity contribution < 1.29 is 19.1 Å². The second-order valence-corrected chi connectivity index (χ2v) is 5.52. The van der Waals surface area contributed by atoms with E-state index in [0.717, 1.165) is 5.39 Å². The number of anilines is 1. The summed E-state index contributed by atoms with van der Waals surface area (Å²) in [5.74, 6) is -1.27. The Balaban J connectivity index is 1.87. The number of furan rings is 1. The van der Waals surface area contributed by atoms with Crippen LogP contribution in [-0.4, -0.2) is 17.0 Å². The molecule has 0 unspecified atom stereocenters. The number of benzene rings is 2. The van der Waals surface area contributed by atoms with E-state index in [2.05, 4.69) is 5.32 Å². The van der Waals surface area contributed by atoms with E-state index in [9.17, 15) is 9.59 Å². The number of nitrogens with one attached hydrogen (secondary N) is 1. The fourth-order valence-corrected chi connectivity index (χ4v) is 2.43. The minimum absolute atomic E-state index is 0.156. The van der Waals surface area contributed by atoms with Gasteiger partial charge in [0, 0.05) is 16.1 Å². The highest BCUT2D eigenvalue weighted by Crippen LogP contribution is 2.24. The van der Waals surface area contributed by atoms with Crippen molar-refractivity contribution in [2.75, 3.05) is 5.32 Å². The van der Waals surface area contributed by atoms with Gasteiger partial charge in [0.2, 0.25) is 0 Å². The van der Waals surface area contributed by atoms with Crippen LogP contribution in [0.4, 0.5) is 5.69 Å². The first kappa shape index (κ1) is 15.1. The van der Waals surface area contributed by atoms with Crippen LogP contribution in [0.1, 0.15) is 26.5 Å². The molecule has 3 rings (SSSR count). The number of aromatic carboxylic acids is 1. The van der Waals surface area contributed by atoms with Crippen LogP contribution in [0.25, 0.3) is 11.0 Å². The third-order valence-corrected chi connectivity index (χ3v) is 3.66. The second kappa shape index (κ2) is 5.78. The standard InChI is InChI=1S/C17H12ClNO4/c1-9-6-10(17(21)22)2-4-13(9)19-16(20)15-8-11-7-12(18)3-5-14(11)23-15/h2-8H,1H3,(H,19,20)(H,21,22). The van der Waals surface area contributed by atoms with Crippen LogP contribution in [0.15, 0.2) is 46.9 Å². The van der Waals surface area contributed by atoms with Crippen molar-refractivity contribution in [1.29, 1.82) is 0 Å². The number of carboxylic acids is 1. The fraction of sp³-hybridized carbons (Fsp3) is 0.0588. The van der Waals surface area contributed by atoms with Gasteiger partial charge in [-0.15, -0.1) is 0 Å². The van der Waals surface area contributed by atoms with E-state index in [-0.39, 0.29) is 11.3 Å². The zero-order valence-corrected chi connectivity index (χ0v) is 12.8. The number of carbonyl (C=O) groups is 2. The van der Waals surface area contributed by atoms with Crippen molar-refractivity contribution in [3.63, 3.8) is 0 Å². The number of hydrogen-bond acceptors (Lipinski definition) is 3. The molecule has 0 saturated carbocycles. The van der Waals surface area contributed by atoms with Gasteiger partial charge in [0.1, 0.15) is 5.58 Å². The van der Waals surface area contributed by atoms with Crippen molar-refractivity contribution in [3.05, 3.63) is 64.4 Å². The first-order valence-electron chi connectivity index (χ1n) is 6.78. The lowest BCUT2D eigenvalue weighted by molar-refractivity contribution is 0.0696. The molecule has 116 valence electrons. The maximum Gasteiger partial charge on any atom is 0.335 e. The summed E-state index contributed by atoms with van der Waals surface area (Å²) in [6.07, 6.45) is 0. The fourth-order valence-electron chi connectivity index (χ4n) is 2.25. The summed E-state index contributed by atoms with van der Waals surface area (Å²) in [4.78, 5) is 23.2. The molecule has 1 aromatic heterocycles. The summed E-state index contributed by atoms with van der Waals surface area (Å²) in [5, 5.41) is 13.0. The van der Waals surface area contributed by atoms with Gasteiger partial charge in [0.05, 0.1) is 5.56 Å². The molecule has 0 radical (unpaired) electrons. The van der Waals surface area contributed by atoms with Gasteiger partial charge >= 0.3 is 5.97 Å². The van der Waals surface area contributed by atoms with E-state index in [0.29, 0.717) is 21.9 Å². The number of aryl methyl sites for hydroxylation is 1. The molecule has 1 amide bonds. The van der Waals surface area contributed by atoms with Crippen molar-refractivity contribution in [1.82, 2.24) is 0 Å². The summed E-state index contributed by atoms with van der Waals surface area (Å²) in [6.45, 7) is 1.72. The molecule has 0 fully saturated rings. The van der Waals surface area contributed by atoms with Crippen LogP contribution in [0, 0.1) is 6.92 Å². The Morgan fingerprint density at radius 1 is 1.13 bits per heavy atom. The highest BCUT2D eigenvalue weighted by molar-refractivity contribution is 6.31. The Labute approximate surface area is 136 Å². The van der Waals surface area contributed by atoms with E-state index in [1.54, 1.807) is 37.3 Å². The quantitative estimate of drug-likeness (QED) is 0.749. The number of carbonyl (C=O) groups excluding carboxylic acids is 1. The van der Waals surface area contributed by atoms with Gasteiger partial charge in [0.15, 0.2) is 5.76 Å². The molecule has 0 aliphatic rings. The van der Waals surface area contributed by atoms with E-state index < -0.39 is 11.9 Å². The number of rotatable bonds is 3. The highest BCUT2D eigenvalue weighted by atomic mass is 35.5. The van der Waals surface area contributed by atoms with E-state index in [1.807, 2.05) is 0 Å². The van der Waals surface area contributed by atoms with Crippen molar-refractivity contribution in [3.8, 4) is 0 Å². The number of carboxylic acid groups (broad SMARTS) is 1. The number of amides is 1. The van der Waals surface area contributed by atoms with Gasteiger partial charge in [-0.1, -0.05) is 11.6 Å². The average Bonchev–Trinajstić information content (AvgIpc) is 2.92. The molecular formula is C17H12ClNO4. The highest BCUT2D eigenvalue weighted by Gasteiger charge is 2.14. The SMILES string of the molecule is Cc1cc(C(=O)O)ccc1NC(=O)c1cc2cc(Cl)ccc2o1. The van der Waals surface area contributed by atoms with Gasteiger partial charge < -0.3 is 14.8 Å². The molecule has 5 nitrogen and oxygen atoms in total. The molecule has 2 aromatic carbocycles. The first-order chi connectivity index (χ1) is 10.9. The molecule has 6 heteroatoms. The van der Waals surface area contributed by atoms with Crippen LogP contribution < -0.4 is 5.32 Å². The number of hydrogen-bond donors (Lipinski definition) is 2.